The molecule has 0 aliphatic carbocycles. The van der Waals surface area contributed by atoms with Crippen LogP contribution in [0.4, 0.5) is 0 Å². The summed E-state index contributed by atoms with van der Waals surface area (Å²) < 4.78 is 28.4. The van der Waals surface area contributed by atoms with E-state index < -0.39 is 34.0 Å². The smallest absolute Gasteiger partial charge is 0.357 e. The molecule has 3 aromatic rings. The number of nitrogens with zero attached hydrogens (tertiary/aromatic N) is 4. The van der Waals surface area contributed by atoms with Crippen LogP contribution in [0.25, 0.3) is 10.8 Å². The molecule has 10 nitrogen and oxygen atoms in total. The molecular formula is C23H24N4O6S. The molecule has 2 heterocycles. The molecule has 1 N–H and O–H groups in total. The predicted octanol–water partition coefficient (Wildman–Crippen LogP) is 1.24. The van der Waals surface area contributed by atoms with Crippen LogP contribution in [0.3, 0.4) is 0 Å². The van der Waals surface area contributed by atoms with Crippen molar-refractivity contribution >= 4 is 32.7 Å². The second kappa shape index (κ2) is 8.99. The molecule has 34 heavy (non-hydrogen) atoms. The number of carboxylic acids is 1. The Morgan fingerprint density at radius 2 is 1.65 bits per heavy atom. The molecule has 1 aliphatic heterocycles. The highest BCUT2D eigenvalue weighted by molar-refractivity contribution is 7.89. The van der Waals surface area contributed by atoms with Crippen molar-refractivity contribution in [3.8, 4) is 0 Å². The van der Waals surface area contributed by atoms with Crippen molar-refractivity contribution < 1.29 is 23.1 Å². The second-order valence-corrected chi connectivity index (χ2v) is 10.1. The number of carbonyl (C=O) groups is 2. The molecule has 11 heteroatoms. The number of aromatic nitrogens is 2. The van der Waals surface area contributed by atoms with Gasteiger partial charge >= 0.3 is 5.97 Å². The summed E-state index contributed by atoms with van der Waals surface area (Å²) in [7, 11) is -3.71. The zero-order valence-electron chi connectivity index (χ0n) is 18.8. The Kier molecular flexibility index (Phi) is 6.24. The zero-order valence-corrected chi connectivity index (χ0v) is 19.6. The van der Waals surface area contributed by atoms with Crippen molar-refractivity contribution in [3.05, 3.63) is 69.6 Å². The third-order valence-corrected chi connectivity index (χ3v) is 7.95. The van der Waals surface area contributed by atoms with E-state index in [0.29, 0.717) is 5.56 Å². The van der Waals surface area contributed by atoms with Crippen molar-refractivity contribution in [1.29, 1.82) is 0 Å². The summed E-state index contributed by atoms with van der Waals surface area (Å²) in [6.45, 7) is 3.66. The number of aromatic carboxylic acids is 1. The fraction of sp³-hybridized carbons (Fsp3) is 0.304. The van der Waals surface area contributed by atoms with Crippen LogP contribution in [-0.2, 0) is 21.4 Å². The number of piperazine rings is 1. The van der Waals surface area contributed by atoms with E-state index in [2.05, 4.69) is 5.10 Å². The average molecular weight is 485 g/mol. The summed E-state index contributed by atoms with van der Waals surface area (Å²) >= 11 is 0. The summed E-state index contributed by atoms with van der Waals surface area (Å²) in [5, 5.41) is 13.7. The van der Waals surface area contributed by atoms with Crippen LogP contribution in [0, 0.1) is 13.8 Å². The molecule has 1 aliphatic rings. The highest BCUT2D eigenvalue weighted by atomic mass is 32.2. The van der Waals surface area contributed by atoms with Gasteiger partial charge in [0.2, 0.25) is 15.9 Å². The van der Waals surface area contributed by atoms with E-state index in [0.717, 1.165) is 10.2 Å². The van der Waals surface area contributed by atoms with E-state index >= 15 is 0 Å². The Morgan fingerprint density at radius 3 is 2.29 bits per heavy atom. The number of carboxylic acid groups (broad SMARTS) is 1. The van der Waals surface area contributed by atoms with E-state index in [1.807, 2.05) is 13.0 Å². The largest absolute Gasteiger partial charge is 0.476 e. The van der Waals surface area contributed by atoms with Crippen molar-refractivity contribution in [2.24, 2.45) is 0 Å². The van der Waals surface area contributed by atoms with Crippen LogP contribution in [0.5, 0.6) is 0 Å². The molecule has 0 atom stereocenters. The van der Waals surface area contributed by atoms with Gasteiger partial charge in [-0.3, -0.25) is 9.59 Å². The molecular weight excluding hydrogens is 460 g/mol. The SMILES string of the molecule is Cc1ccc(C)c(S(=O)(=O)N2CCN(C(=O)Cn3nc(C(=O)O)c4ccccc4c3=O)CC2)c1. The van der Waals surface area contributed by atoms with Crippen molar-refractivity contribution in [2.45, 2.75) is 25.3 Å². The molecule has 2 aromatic carbocycles. The van der Waals surface area contributed by atoms with Crippen LogP contribution in [0.1, 0.15) is 21.6 Å². The van der Waals surface area contributed by atoms with E-state index in [-0.39, 0.29) is 47.5 Å². The first-order chi connectivity index (χ1) is 16.1. The minimum Gasteiger partial charge on any atom is -0.476 e. The van der Waals surface area contributed by atoms with Gasteiger partial charge in [0.25, 0.3) is 5.56 Å². The van der Waals surface area contributed by atoms with Gasteiger partial charge in [-0.1, -0.05) is 30.3 Å². The maximum atomic E-state index is 13.1. The van der Waals surface area contributed by atoms with Crippen LogP contribution in [0.2, 0.25) is 0 Å². The van der Waals surface area contributed by atoms with Crippen molar-refractivity contribution in [1.82, 2.24) is 19.0 Å². The molecule has 0 radical (unpaired) electrons. The van der Waals surface area contributed by atoms with Gasteiger partial charge in [0, 0.05) is 31.6 Å². The number of aryl methyl sites for hydroxylation is 2. The normalized spacial score (nSPS) is 14.9. The van der Waals surface area contributed by atoms with Gasteiger partial charge < -0.3 is 10.0 Å². The molecule has 4 rings (SSSR count). The van der Waals surface area contributed by atoms with Crippen LogP contribution in [0.15, 0.2) is 52.2 Å². The lowest BCUT2D eigenvalue weighted by molar-refractivity contribution is -0.133. The lowest BCUT2D eigenvalue weighted by Crippen LogP contribution is -2.51. The molecule has 0 unspecified atom stereocenters. The summed E-state index contributed by atoms with van der Waals surface area (Å²) in [6.07, 6.45) is 0. The first kappa shape index (κ1) is 23.6. The monoisotopic (exact) mass is 484 g/mol. The highest BCUT2D eigenvalue weighted by Gasteiger charge is 2.31. The molecule has 0 saturated carbocycles. The Labute approximate surface area is 196 Å². The standard InChI is InChI=1S/C23H24N4O6S/c1-15-7-8-16(2)19(13-15)34(32,33)26-11-9-25(10-12-26)20(28)14-27-22(29)18-6-4-3-5-17(18)21(24-27)23(30)31/h3-8,13H,9-12,14H2,1-2H3,(H,30,31). The predicted molar refractivity (Wildman–Crippen MR) is 124 cm³/mol. The van der Waals surface area contributed by atoms with Crippen molar-refractivity contribution in [2.75, 3.05) is 26.2 Å². The average Bonchev–Trinajstić information content (AvgIpc) is 2.82. The van der Waals surface area contributed by atoms with E-state index in [1.54, 1.807) is 31.2 Å². The molecule has 1 saturated heterocycles. The van der Waals surface area contributed by atoms with Crippen LogP contribution < -0.4 is 5.56 Å². The number of hydrogen-bond acceptors (Lipinski definition) is 6. The number of rotatable bonds is 5. The second-order valence-electron chi connectivity index (χ2n) is 8.22. The van der Waals surface area contributed by atoms with Gasteiger partial charge in [0.1, 0.15) is 6.54 Å². The third kappa shape index (κ3) is 4.31. The number of hydrogen-bond donors (Lipinski definition) is 1. The van der Waals surface area contributed by atoms with E-state index in [1.165, 1.54) is 21.3 Å². The lowest BCUT2D eigenvalue weighted by Gasteiger charge is -2.34. The van der Waals surface area contributed by atoms with Crippen LogP contribution in [-0.4, -0.2) is 70.6 Å². The summed E-state index contributed by atoms with van der Waals surface area (Å²) in [5.74, 6) is -1.74. The molecule has 1 amide bonds. The Morgan fingerprint density at radius 1 is 1.00 bits per heavy atom. The van der Waals surface area contributed by atoms with Gasteiger partial charge in [-0.25, -0.2) is 17.9 Å². The van der Waals surface area contributed by atoms with Gasteiger partial charge in [-0.2, -0.15) is 9.40 Å². The fourth-order valence-electron chi connectivity index (χ4n) is 4.03. The Balaban J connectivity index is 1.51. The topological polar surface area (TPSA) is 130 Å². The number of sulfonamides is 1. The summed E-state index contributed by atoms with van der Waals surface area (Å²) in [5.41, 5.74) is 0.615. The first-order valence-corrected chi connectivity index (χ1v) is 12.1. The maximum Gasteiger partial charge on any atom is 0.357 e. The van der Waals surface area contributed by atoms with Gasteiger partial charge in [0.05, 0.1) is 10.3 Å². The van der Waals surface area contributed by atoms with Crippen molar-refractivity contribution in [3.63, 3.8) is 0 Å². The van der Waals surface area contributed by atoms with E-state index in [9.17, 15) is 27.9 Å². The highest BCUT2D eigenvalue weighted by Crippen LogP contribution is 2.22. The molecule has 1 aromatic heterocycles. The molecule has 0 spiro atoms. The Hall–Kier alpha value is -3.57. The number of amides is 1. The summed E-state index contributed by atoms with van der Waals surface area (Å²) in [4.78, 5) is 39.0. The number of benzene rings is 2. The first-order valence-electron chi connectivity index (χ1n) is 10.7. The van der Waals surface area contributed by atoms with E-state index in [4.69, 9.17) is 0 Å². The Bertz CT molecular complexity index is 1460. The molecule has 1 fully saturated rings. The fourth-order valence-corrected chi connectivity index (χ4v) is 5.76. The third-order valence-electron chi connectivity index (χ3n) is 5.91. The van der Waals surface area contributed by atoms with Gasteiger partial charge in [-0.15, -0.1) is 0 Å². The number of fused-ring (bicyclic) bond motifs is 1. The minimum atomic E-state index is -3.71. The quantitative estimate of drug-likeness (QED) is 0.577. The van der Waals surface area contributed by atoms with Gasteiger partial charge in [-0.05, 0) is 37.1 Å². The lowest BCUT2D eigenvalue weighted by atomic mass is 10.1. The summed E-state index contributed by atoms with van der Waals surface area (Å²) in [6, 6.07) is 11.5. The molecule has 0 bridgehead atoms. The minimum absolute atomic E-state index is 0.113. The number of carbonyl (C=O) groups excluding carboxylic acids is 1. The van der Waals surface area contributed by atoms with Crippen LogP contribution >= 0.6 is 0 Å². The maximum absolute atomic E-state index is 13.1. The van der Waals surface area contributed by atoms with Gasteiger partial charge in [0.15, 0.2) is 5.69 Å². The molecule has 178 valence electrons. The zero-order chi connectivity index (χ0) is 24.6.